The van der Waals surface area contributed by atoms with E-state index in [1.807, 2.05) is 13.8 Å². The van der Waals surface area contributed by atoms with Crippen molar-refractivity contribution in [2.45, 2.75) is 169 Å². The third-order valence-corrected chi connectivity index (χ3v) is 10.3. The lowest BCUT2D eigenvalue weighted by Crippen LogP contribution is -2.28. The van der Waals surface area contributed by atoms with Gasteiger partial charge in [-0.25, -0.2) is 0 Å². The van der Waals surface area contributed by atoms with Crippen molar-refractivity contribution in [3.05, 3.63) is 0 Å². The topological polar surface area (TPSA) is 0 Å². The van der Waals surface area contributed by atoms with Crippen molar-refractivity contribution in [3.63, 3.8) is 0 Å². The van der Waals surface area contributed by atoms with E-state index in [2.05, 4.69) is 20.8 Å². The molecule has 0 nitrogen and oxygen atoms in total. The van der Waals surface area contributed by atoms with Crippen LogP contribution in [0, 0.1) is 41.4 Å². The van der Waals surface area contributed by atoms with Gasteiger partial charge in [0.05, 0.1) is 0 Å². The molecule has 3 aliphatic rings. The van der Waals surface area contributed by atoms with E-state index >= 15 is 0 Å². The van der Waals surface area contributed by atoms with Crippen LogP contribution in [0.15, 0.2) is 0 Å². The predicted octanol–water partition coefficient (Wildman–Crippen LogP) is 11.6. The standard InChI is InChI=1S/C31H58.C2H6/c1-4-6-8-14-26(12-5-2)24-31(23-18-27-17-11-13-25(27)3)30-21-19-29(20-22-30)28-15-9-7-10-16-28;1-2/h25-31H,4-24H2,1-3H3;1-2H3. The van der Waals surface area contributed by atoms with Crippen molar-refractivity contribution >= 4 is 0 Å². The van der Waals surface area contributed by atoms with Crippen LogP contribution in [0.4, 0.5) is 0 Å². The summed E-state index contributed by atoms with van der Waals surface area (Å²) in [5, 5.41) is 0. The second kappa shape index (κ2) is 17.4. The zero-order chi connectivity index (χ0) is 23.9. The Labute approximate surface area is 210 Å². The fourth-order valence-electron chi connectivity index (χ4n) is 8.22. The molecule has 0 spiro atoms. The van der Waals surface area contributed by atoms with Crippen LogP contribution in [-0.4, -0.2) is 0 Å². The average Bonchev–Trinajstić information content (AvgIpc) is 3.28. The van der Waals surface area contributed by atoms with Crippen LogP contribution in [0.1, 0.15) is 169 Å². The third-order valence-electron chi connectivity index (χ3n) is 10.3. The third kappa shape index (κ3) is 10.3. The minimum absolute atomic E-state index is 1.01. The van der Waals surface area contributed by atoms with Crippen LogP contribution >= 0.6 is 0 Å². The quantitative estimate of drug-likeness (QED) is 0.240. The molecule has 0 radical (unpaired) electrons. The Hall–Kier alpha value is 0. The van der Waals surface area contributed by atoms with E-state index in [-0.39, 0.29) is 0 Å². The highest BCUT2D eigenvalue weighted by Crippen LogP contribution is 2.45. The van der Waals surface area contributed by atoms with Gasteiger partial charge in [0.1, 0.15) is 0 Å². The smallest absolute Gasteiger partial charge is 0.0383 e. The molecule has 0 aromatic carbocycles. The van der Waals surface area contributed by atoms with Crippen molar-refractivity contribution in [1.82, 2.24) is 0 Å². The van der Waals surface area contributed by atoms with Crippen molar-refractivity contribution in [3.8, 4) is 0 Å². The van der Waals surface area contributed by atoms with Crippen LogP contribution in [0.2, 0.25) is 0 Å². The highest BCUT2D eigenvalue weighted by Gasteiger charge is 2.33. The van der Waals surface area contributed by atoms with Crippen molar-refractivity contribution in [2.75, 3.05) is 0 Å². The van der Waals surface area contributed by atoms with E-state index in [0.717, 1.165) is 41.4 Å². The van der Waals surface area contributed by atoms with Gasteiger partial charge in [0.25, 0.3) is 0 Å². The molecule has 0 bridgehead atoms. The molecule has 3 fully saturated rings. The molecule has 0 heteroatoms. The average molecular weight is 461 g/mol. The summed E-state index contributed by atoms with van der Waals surface area (Å²) in [6.45, 7) is 11.3. The van der Waals surface area contributed by atoms with Crippen LogP contribution in [0.3, 0.4) is 0 Å². The molecule has 196 valence electrons. The largest absolute Gasteiger partial charge is 0.0683 e. The summed E-state index contributed by atoms with van der Waals surface area (Å²) < 4.78 is 0. The molecule has 0 N–H and O–H groups in total. The minimum Gasteiger partial charge on any atom is -0.0683 e. The summed E-state index contributed by atoms with van der Waals surface area (Å²) in [5.74, 6) is 7.43. The van der Waals surface area contributed by atoms with E-state index in [1.165, 1.54) is 77.0 Å². The summed E-state index contributed by atoms with van der Waals surface area (Å²) in [5.41, 5.74) is 0. The van der Waals surface area contributed by atoms with Crippen molar-refractivity contribution in [1.29, 1.82) is 0 Å². The van der Waals surface area contributed by atoms with Gasteiger partial charge in [0.15, 0.2) is 0 Å². The Morgan fingerprint density at radius 3 is 1.94 bits per heavy atom. The van der Waals surface area contributed by atoms with Gasteiger partial charge in [-0.2, -0.15) is 0 Å². The molecule has 3 rings (SSSR count). The molecule has 33 heavy (non-hydrogen) atoms. The van der Waals surface area contributed by atoms with Crippen LogP contribution in [-0.2, 0) is 0 Å². The lowest BCUT2D eigenvalue weighted by molar-refractivity contribution is 0.117. The fourth-order valence-corrected chi connectivity index (χ4v) is 8.22. The molecule has 3 aliphatic carbocycles. The van der Waals surface area contributed by atoms with Gasteiger partial charge in [-0.3, -0.25) is 0 Å². The molecular weight excluding hydrogens is 396 g/mol. The first-order valence-corrected chi connectivity index (χ1v) is 16.2. The van der Waals surface area contributed by atoms with Crippen molar-refractivity contribution in [2.24, 2.45) is 41.4 Å². The maximum atomic E-state index is 2.55. The zero-order valence-corrected chi connectivity index (χ0v) is 23.9. The second-order valence-corrected chi connectivity index (χ2v) is 12.5. The molecule has 0 aromatic heterocycles. The van der Waals surface area contributed by atoms with E-state index in [4.69, 9.17) is 0 Å². The van der Waals surface area contributed by atoms with Crippen molar-refractivity contribution < 1.29 is 0 Å². The maximum absolute atomic E-state index is 2.55. The summed E-state index contributed by atoms with van der Waals surface area (Å²) in [4.78, 5) is 0. The van der Waals surface area contributed by atoms with E-state index in [1.54, 1.807) is 57.8 Å². The molecule has 3 saturated carbocycles. The Bertz CT molecular complexity index is 439. The number of hydrogen-bond acceptors (Lipinski definition) is 0. The van der Waals surface area contributed by atoms with Gasteiger partial charge in [-0.15, -0.1) is 0 Å². The van der Waals surface area contributed by atoms with Crippen LogP contribution in [0.25, 0.3) is 0 Å². The minimum atomic E-state index is 1.01. The molecule has 0 saturated heterocycles. The van der Waals surface area contributed by atoms with Gasteiger partial charge >= 0.3 is 0 Å². The summed E-state index contributed by atoms with van der Waals surface area (Å²) in [7, 11) is 0. The fraction of sp³-hybridized carbons (Fsp3) is 1.00. The molecular formula is C33H64. The maximum Gasteiger partial charge on any atom is -0.0383 e. The normalized spacial score (nSPS) is 30.5. The molecule has 4 atom stereocenters. The summed E-state index contributed by atoms with van der Waals surface area (Å²) >= 11 is 0. The number of unbranched alkanes of at least 4 members (excludes halogenated alkanes) is 2. The summed E-state index contributed by atoms with van der Waals surface area (Å²) in [6.07, 6.45) is 32.1. The first kappa shape index (κ1) is 29.2. The van der Waals surface area contributed by atoms with Gasteiger partial charge in [-0.1, -0.05) is 125 Å². The lowest BCUT2D eigenvalue weighted by Gasteiger charge is -2.40. The number of hydrogen-bond donors (Lipinski definition) is 0. The monoisotopic (exact) mass is 461 g/mol. The highest BCUT2D eigenvalue weighted by atomic mass is 14.4. The second-order valence-electron chi connectivity index (χ2n) is 12.5. The lowest BCUT2D eigenvalue weighted by atomic mass is 9.66. The van der Waals surface area contributed by atoms with E-state index < -0.39 is 0 Å². The molecule has 0 heterocycles. The Morgan fingerprint density at radius 2 is 1.33 bits per heavy atom. The Kier molecular flexibility index (Phi) is 15.4. The van der Waals surface area contributed by atoms with Gasteiger partial charge in [0.2, 0.25) is 0 Å². The number of rotatable bonds is 13. The molecule has 4 unspecified atom stereocenters. The SMILES string of the molecule is CC.CCCCCC(CCC)CC(CCC1CCCC1C)C1CCC(C2CCCCC2)CC1. The summed E-state index contributed by atoms with van der Waals surface area (Å²) in [6, 6.07) is 0. The van der Waals surface area contributed by atoms with Gasteiger partial charge < -0.3 is 0 Å². The van der Waals surface area contributed by atoms with E-state index in [0.29, 0.717) is 0 Å². The molecule has 0 amide bonds. The van der Waals surface area contributed by atoms with Gasteiger partial charge in [0, 0.05) is 0 Å². The molecule has 0 aromatic rings. The predicted molar refractivity (Wildman–Crippen MR) is 150 cm³/mol. The first-order chi connectivity index (χ1) is 16.2. The van der Waals surface area contributed by atoms with E-state index in [9.17, 15) is 0 Å². The highest BCUT2D eigenvalue weighted by molar-refractivity contribution is 4.85. The van der Waals surface area contributed by atoms with Crippen LogP contribution < -0.4 is 0 Å². The van der Waals surface area contributed by atoms with Gasteiger partial charge in [-0.05, 0) is 86.4 Å². The van der Waals surface area contributed by atoms with Crippen LogP contribution in [0.5, 0.6) is 0 Å². The first-order valence-electron chi connectivity index (χ1n) is 16.2. The zero-order valence-electron chi connectivity index (χ0n) is 23.9. The Morgan fingerprint density at radius 1 is 0.636 bits per heavy atom. The Balaban J connectivity index is 0.00000187. The molecule has 0 aliphatic heterocycles.